The summed E-state index contributed by atoms with van der Waals surface area (Å²) in [5.41, 5.74) is 2.02. The molecule has 0 radical (unpaired) electrons. The van der Waals surface area contributed by atoms with Crippen LogP contribution in [0.15, 0.2) is 34.5 Å². The van der Waals surface area contributed by atoms with Gasteiger partial charge in [0.15, 0.2) is 5.84 Å². The molecular weight excluding hydrogens is 292 g/mol. The van der Waals surface area contributed by atoms with Crippen molar-refractivity contribution in [2.45, 2.75) is 26.7 Å². The molecule has 1 fully saturated rings. The van der Waals surface area contributed by atoms with Gasteiger partial charge in [0, 0.05) is 49.7 Å². The third-order valence-electron chi connectivity index (χ3n) is 4.04. The van der Waals surface area contributed by atoms with Gasteiger partial charge in [-0.2, -0.15) is 0 Å². The van der Waals surface area contributed by atoms with E-state index in [0.29, 0.717) is 25.6 Å². The third-order valence-corrected chi connectivity index (χ3v) is 4.04. The Bertz CT molecular complexity index is 576. The monoisotopic (exact) mass is 316 g/mol. The zero-order chi connectivity index (χ0) is 16.7. The van der Waals surface area contributed by atoms with E-state index in [4.69, 9.17) is 9.73 Å². The lowest BCUT2D eigenvalue weighted by atomic mass is 9.93. The number of hydrogen-bond donors (Lipinski definition) is 0. The minimum atomic E-state index is -0.215. The smallest absolute Gasteiger partial charge is 0.409 e. The molecule has 1 saturated heterocycles. The van der Waals surface area contributed by atoms with E-state index in [1.165, 1.54) is 0 Å². The second-order valence-electron chi connectivity index (χ2n) is 5.50. The van der Waals surface area contributed by atoms with Gasteiger partial charge in [0.05, 0.1) is 6.61 Å². The molecule has 0 aliphatic carbocycles. The van der Waals surface area contributed by atoms with Gasteiger partial charge in [-0.15, -0.1) is 0 Å². The van der Waals surface area contributed by atoms with Crippen LogP contribution in [-0.2, 0) is 4.74 Å². The van der Waals surface area contributed by atoms with Crippen molar-refractivity contribution in [3.8, 4) is 0 Å². The van der Waals surface area contributed by atoms with E-state index in [9.17, 15) is 4.79 Å². The first kappa shape index (κ1) is 17.1. The molecule has 0 saturated carbocycles. The van der Waals surface area contributed by atoms with E-state index in [1.54, 1.807) is 24.3 Å². The van der Waals surface area contributed by atoms with Crippen molar-refractivity contribution >= 4 is 17.6 Å². The zero-order valence-corrected chi connectivity index (χ0v) is 14.0. The van der Waals surface area contributed by atoms with Crippen molar-refractivity contribution in [1.29, 1.82) is 0 Å². The number of carbonyl (C=O) groups excluding carboxylic acids is 1. The van der Waals surface area contributed by atoms with Gasteiger partial charge < -0.3 is 9.64 Å². The summed E-state index contributed by atoms with van der Waals surface area (Å²) in [6.45, 7) is 5.71. The van der Waals surface area contributed by atoms with Crippen LogP contribution < -0.4 is 0 Å². The number of likely N-dealkylation sites (tertiary alicyclic amines) is 1. The first-order valence-electron chi connectivity index (χ1n) is 7.99. The maximum atomic E-state index is 11.7. The largest absolute Gasteiger partial charge is 0.450 e. The number of piperidine rings is 1. The normalized spacial score (nSPS) is 17.3. The van der Waals surface area contributed by atoms with Crippen LogP contribution in [0.25, 0.3) is 0 Å². The van der Waals surface area contributed by atoms with Crippen LogP contribution in [0.1, 0.15) is 32.3 Å². The number of nitrogens with zero attached hydrogens (tertiary/aromatic N) is 4. The summed E-state index contributed by atoms with van der Waals surface area (Å²) >= 11 is 0. The van der Waals surface area contributed by atoms with E-state index in [-0.39, 0.29) is 6.09 Å². The molecule has 6 nitrogen and oxygen atoms in total. The standard InChI is InChI=1S/C17H24N4O2/c1-4-23-17(22)21-11-7-14(8-12-21)13(2)20-16(18-3)15-5-9-19-10-6-15/h5-6,9-10,14H,4,7-8,11-12H2,1-3H3. The molecule has 1 aromatic heterocycles. The Morgan fingerprint density at radius 1 is 1.35 bits per heavy atom. The highest BCUT2D eigenvalue weighted by Gasteiger charge is 2.25. The fourth-order valence-corrected chi connectivity index (χ4v) is 2.70. The van der Waals surface area contributed by atoms with Gasteiger partial charge in [-0.25, -0.2) is 9.79 Å². The number of amides is 1. The average Bonchev–Trinajstić information content (AvgIpc) is 2.60. The zero-order valence-electron chi connectivity index (χ0n) is 14.0. The minimum Gasteiger partial charge on any atom is -0.450 e. The van der Waals surface area contributed by atoms with E-state index in [0.717, 1.165) is 30.0 Å². The summed E-state index contributed by atoms with van der Waals surface area (Å²) in [5.74, 6) is 1.09. The Balaban J connectivity index is 1.99. The number of pyridine rings is 1. The van der Waals surface area contributed by atoms with Gasteiger partial charge in [-0.05, 0) is 38.8 Å². The van der Waals surface area contributed by atoms with E-state index < -0.39 is 0 Å². The predicted octanol–water partition coefficient (Wildman–Crippen LogP) is 2.79. The summed E-state index contributed by atoms with van der Waals surface area (Å²) in [4.78, 5) is 26.5. The first-order chi connectivity index (χ1) is 11.2. The molecule has 1 aromatic rings. The van der Waals surface area contributed by atoms with Crippen molar-refractivity contribution in [3.63, 3.8) is 0 Å². The topological polar surface area (TPSA) is 67.2 Å². The third kappa shape index (κ3) is 4.61. The van der Waals surface area contributed by atoms with Crippen molar-refractivity contribution in [2.24, 2.45) is 15.9 Å². The van der Waals surface area contributed by atoms with Gasteiger partial charge in [0.2, 0.25) is 0 Å². The van der Waals surface area contributed by atoms with Crippen LogP contribution in [0.3, 0.4) is 0 Å². The van der Waals surface area contributed by atoms with Crippen molar-refractivity contribution in [2.75, 3.05) is 26.7 Å². The molecule has 0 aromatic carbocycles. The van der Waals surface area contributed by atoms with Crippen LogP contribution >= 0.6 is 0 Å². The number of carbonyl (C=O) groups is 1. The predicted molar refractivity (Wildman–Crippen MR) is 91.1 cm³/mol. The second-order valence-corrected chi connectivity index (χ2v) is 5.50. The van der Waals surface area contributed by atoms with Crippen LogP contribution in [0.2, 0.25) is 0 Å². The SMILES string of the molecule is CCOC(=O)N1CCC(C(C)=NC(=NC)c2ccncc2)CC1. The molecule has 1 aliphatic heterocycles. The van der Waals surface area contributed by atoms with Crippen molar-refractivity contribution in [3.05, 3.63) is 30.1 Å². The molecule has 0 bridgehead atoms. The van der Waals surface area contributed by atoms with Crippen molar-refractivity contribution < 1.29 is 9.53 Å². The Kier molecular flexibility index (Phi) is 6.26. The highest BCUT2D eigenvalue weighted by atomic mass is 16.6. The summed E-state index contributed by atoms with van der Waals surface area (Å²) in [5, 5.41) is 0. The second kappa shape index (κ2) is 8.41. The molecular formula is C17H24N4O2. The summed E-state index contributed by atoms with van der Waals surface area (Å²) in [6, 6.07) is 3.81. The molecule has 124 valence electrons. The van der Waals surface area contributed by atoms with Gasteiger partial charge in [0.1, 0.15) is 0 Å². The molecule has 1 amide bonds. The van der Waals surface area contributed by atoms with Crippen LogP contribution in [-0.4, -0.2) is 54.3 Å². The molecule has 23 heavy (non-hydrogen) atoms. The minimum absolute atomic E-state index is 0.215. The number of rotatable bonds is 3. The summed E-state index contributed by atoms with van der Waals surface area (Å²) < 4.78 is 5.05. The quantitative estimate of drug-likeness (QED) is 0.636. The van der Waals surface area contributed by atoms with Crippen LogP contribution in [0.5, 0.6) is 0 Å². The van der Waals surface area contributed by atoms with Crippen LogP contribution in [0, 0.1) is 5.92 Å². The van der Waals surface area contributed by atoms with Gasteiger partial charge in [-0.1, -0.05) is 0 Å². The van der Waals surface area contributed by atoms with Gasteiger partial charge in [-0.3, -0.25) is 9.98 Å². The van der Waals surface area contributed by atoms with Crippen LogP contribution in [0.4, 0.5) is 4.79 Å². The molecule has 1 aliphatic rings. The fourth-order valence-electron chi connectivity index (χ4n) is 2.70. The number of hydrogen-bond acceptors (Lipinski definition) is 4. The summed E-state index contributed by atoms with van der Waals surface area (Å²) in [7, 11) is 1.75. The molecule has 0 N–H and O–H groups in total. The lowest BCUT2D eigenvalue weighted by Gasteiger charge is -2.31. The van der Waals surface area contributed by atoms with Gasteiger partial charge >= 0.3 is 6.09 Å². The lowest BCUT2D eigenvalue weighted by Crippen LogP contribution is -2.40. The molecule has 0 spiro atoms. The average molecular weight is 316 g/mol. The fraction of sp³-hybridized carbons (Fsp3) is 0.529. The molecule has 0 atom stereocenters. The molecule has 6 heteroatoms. The van der Waals surface area contributed by atoms with Gasteiger partial charge in [0.25, 0.3) is 0 Å². The van der Waals surface area contributed by atoms with E-state index in [2.05, 4.69) is 9.98 Å². The molecule has 2 heterocycles. The Hall–Kier alpha value is -2.24. The number of aliphatic imine (C=N–C) groups is 2. The highest BCUT2D eigenvalue weighted by Crippen LogP contribution is 2.20. The summed E-state index contributed by atoms with van der Waals surface area (Å²) in [6.07, 6.45) is 5.07. The molecule has 0 unspecified atom stereocenters. The molecule has 2 rings (SSSR count). The Morgan fingerprint density at radius 3 is 2.57 bits per heavy atom. The van der Waals surface area contributed by atoms with Crippen molar-refractivity contribution in [1.82, 2.24) is 9.88 Å². The number of aromatic nitrogens is 1. The van der Waals surface area contributed by atoms with E-state index >= 15 is 0 Å². The Morgan fingerprint density at radius 2 is 2.00 bits per heavy atom. The van der Waals surface area contributed by atoms with E-state index in [1.807, 2.05) is 26.0 Å². The first-order valence-corrected chi connectivity index (χ1v) is 7.99. The maximum absolute atomic E-state index is 11.7. The maximum Gasteiger partial charge on any atom is 0.409 e. The lowest BCUT2D eigenvalue weighted by molar-refractivity contribution is 0.0964. The highest BCUT2D eigenvalue weighted by molar-refractivity contribution is 6.06. The number of ether oxygens (including phenoxy) is 1. The Labute approximate surface area is 137 Å². The number of amidine groups is 1.